The molecule has 0 radical (unpaired) electrons. The molecule has 0 spiro atoms. The number of likely N-dealkylation sites (N-methyl/N-ethyl adjacent to an activating group) is 1. The first-order chi connectivity index (χ1) is 21.8. The lowest BCUT2D eigenvalue weighted by atomic mass is 10.00. The predicted molar refractivity (Wildman–Crippen MR) is 166 cm³/mol. The van der Waals surface area contributed by atoms with Crippen molar-refractivity contribution in [2.45, 2.75) is 32.7 Å². The molecule has 3 aromatic heterocycles. The quantitative estimate of drug-likeness (QED) is 0.310. The number of carbonyl (C=O) groups is 2. The average molecular weight is 604 g/mol. The van der Waals surface area contributed by atoms with Crippen LogP contribution in [-0.4, -0.2) is 63.9 Å². The van der Waals surface area contributed by atoms with Crippen molar-refractivity contribution in [3.63, 3.8) is 0 Å². The predicted octanol–water partition coefficient (Wildman–Crippen LogP) is 4.85. The maximum Gasteiger partial charge on any atom is 0.283 e. The number of hydrogen-bond acceptors (Lipinski definition) is 6. The zero-order valence-electron chi connectivity index (χ0n) is 26.8. The SMILES string of the molecule is [2H]C([2H])([2H])N1C(=O)[C@H]2CN(C(=O)C=C)CCN2c2c1c(=O)n(-c1c(C)ccnc1C(C)C)c1nc(-c3ccccc3F)c(Cl)cc21. The van der Waals surface area contributed by atoms with Crippen LogP contribution >= 0.6 is 11.6 Å². The number of nitrogens with zero attached hydrogens (tertiary/aromatic N) is 6. The Balaban J connectivity index is 1.79. The molecule has 5 heterocycles. The summed E-state index contributed by atoms with van der Waals surface area (Å²) in [5, 5.41) is 0.319. The van der Waals surface area contributed by atoms with Crippen molar-refractivity contribution in [3.05, 3.63) is 87.7 Å². The molecule has 2 aliphatic rings. The second kappa shape index (κ2) is 10.6. The van der Waals surface area contributed by atoms with Crippen molar-refractivity contribution < 1.29 is 18.1 Å². The first-order valence-electron chi connectivity index (χ1n) is 15.3. The topological polar surface area (TPSA) is 91.6 Å². The van der Waals surface area contributed by atoms with Crippen LogP contribution < -0.4 is 15.4 Å². The molecule has 1 fully saturated rings. The maximum atomic E-state index is 15.1. The number of carbonyl (C=O) groups excluding carboxylic acids is 2. The van der Waals surface area contributed by atoms with Gasteiger partial charge in [-0.1, -0.05) is 44.2 Å². The minimum absolute atomic E-state index is 0.0475. The Kier molecular flexibility index (Phi) is 6.16. The first kappa shape index (κ1) is 25.0. The Morgan fingerprint density at radius 1 is 1.19 bits per heavy atom. The van der Waals surface area contributed by atoms with E-state index in [2.05, 4.69) is 11.6 Å². The van der Waals surface area contributed by atoms with Gasteiger partial charge in [0.25, 0.3) is 11.5 Å². The highest BCUT2D eigenvalue weighted by Gasteiger charge is 2.44. The molecule has 220 valence electrons. The molecule has 0 N–H and O–H groups in total. The van der Waals surface area contributed by atoms with Gasteiger partial charge in [0.05, 0.1) is 34.3 Å². The molecule has 1 saturated heterocycles. The fourth-order valence-corrected chi connectivity index (χ4v) is 6.19. The van der Waals surface area contributed by atoms with Gasteiger partial charge in [0.15, 0.2) is 0 Å². The van der Waals surface area contributed by atoms with Gasteiger partial charge in [-0.15, -0.1) is 0 Å². The molecular formula is C32H30ClFN6O3. The third-order valence-corrected chi connectivity index (χ3v) is 8.28. The fourth-order valence-electron chi connectivity index (χ4n) is 5.93. The molecule has 1 aromatic carbocycles. The van der Waals surface area contributed by atoms with Gasteiger partial charge in [-0.05, 0) is 48.7 Å². The second-order valence-electron chi connectivity index (χ2n) is 10.9. The number of hydrogen-bond donors (Lipinski definition) is 0. The van der Waals surface area contributed by atoms with Crippen molar-refractivity contribution in [3.8, 4) is 16.9 Å². The molecule has 2 aliphatic heterocycles. The molecule has 43 heavy (non-hydrogen) atoms. The van der Waals surface area contributed by atoms with Gasteiger partial charge in [0, 0.05) is 41.3 Å². The largest absolute Gasteiger partial charge is 0.354 e. The number of aryl methyl sites for hydroxylation is 1. The number of amides is 2. The van der Waals surface area contributed by atoms with E-state index in [9.17, 15) is 14.4 Å². The van der Waals surface area contributed by atoms with E-state index in [1.54, 1.807) is 30.2 Å². The van der Waals surface area contributed by atoms with E-state index in [1.807, 2.05) is 13.8 Å². The number of benzene rings is 1. The molecular weight excluding hydrogens is 571 g/mol. The van der Waals surface area contributed by atoms with E-state index in [0.29, 0.717) is 21.8 Å². The molecule has 0 aliphatic carbocycles. The highest BCUT2D eigenvalue weighted by molar-refractivity contribution is 6.34. The third kappa shape index (κ3) is 4.39. The van der Waals surface area contributed by atoms with E-state index in [-0.39, 0.29) is 64.2 Å². The Morgan fingerprint density at radius 3 is 2.65 bits per heavy atom. The minimum atomic E-state index is -3.07. The van der Waals surface area contributed by atoms with Gasteiger partial charge in [-0.25, -0.2) is 9.37 Å². The molecule has 0 unspecified atom stereocenters. The Labute approximate surface area is 257 Å². The first-order valence-corrected chi connectivity index (χ1v) is 14.2. The molecule has 1 atom stereocenters. The van der Waals surface area contributed by atoms with E-state index < -0.39 is 36.2 Å². The van der Waals surface area contributed by atoms with E-state index in [4.69, 9.17) is 20.7 Å². The van der Waals surface area contributed by atoms with Crippen molar-refractivity contribution in [2.24, 2.45) is 0 Å². The summed E-state index contributed by atoms with van der Waals surface area (Å²) >= 11 is 6.81. The smallest absolute Gasteiger partial charge is 0.283 e. The van der Waals surface area contributed by atoms with Crippen LogP contribution in [0.2, 0.25) is 5.02 Å². The van der Waals surface area contributed by atoms with Gasteiger partial charge in [-0.2, -0.15) is 0 Å². The van der Waals surface area contributed by atoms with Gasteiger partial charge >= 0.3 is 0 Å². The highest BCUT2D eigenvalue weighted by atomic mass is 35.5. The molecule has 0 bridgehead atoms. The van der Waals surface area contributed by atoms with Crippen LogP contribution in [0.1, 0.15) is 35.1 Å². The van der Waals surface area contributed by atoms with Crippen molar-refractivity contribution in [2.75, 3.05) is 36.4 Å². The van der Waals surface area contributed by atoms with E-state index in [1.165, 1.54) is 33.7 Å². The standard InChI is InChI=1S/C32H30ClFN6O3/c1-6-24(41)38-13-14-39-23(16-38)31(42)37(5)29-28(39)20-15-21(33)26(19-9-7-8-10-22(19)34)36-30(20)40(32(29)43)27-18(4)11-12-35-25(27)17(2)3/h6-12,15,17,23H,1,13-14,16H2,2-5H3/t23-/m1/s1/i5D3. The Hall–Kier alpha value is -4.57. The lowest BCUT2D eigenvalue weighted by molar-refractivity contribution is -0.128. The van der Waals surface area contributed by atoms with Crippen LogP contribution in [0.5, 0.6) is 0 Å². The summed E-state index contributed by atoms with van der Waals surface area (Å²) in [6.45, 7) is 6.20. The summed E-state index contributed by atoms with van der Waals surface area (Å²) in [7, 11) is 0. The van der Waals surface area contributed by atoms with Crippen molar-refractivity contribution in [1.82, 2.24) is 19.4 Å². The van der Waals surface area contributed by atoms with Crippen LogP contribution in [0.4, 0.5) is 15.8 Å². The number of halogens is 2. The number of fused-ring (bicyclic) bond motifs is 5. The molecule has 2 amide bonds. The van der Waals surface area contributed by atoms with Crippen LogP contribution in [0, 0.1) is 12.7 Å². The molecule has 0 saturated carbocycles. The maximum absolute atomic E-state index is 15.1. The zero-order chi connectivity index (χ0) is 33.2. The Bertz CT molecular complexity index is 2010. The van der Waals surface area contributed by atoms with Gasteiger partial charge < -0.3 is 14.7 Å². The number of aromatic nitrogens is 3. The van der Waals surface area contributed by atoms with Crippen LogP contribution in [-0.2, 0) is 9.59 Å². The molecule has 9 nitrogen and oxygen atoms in total. The number of piperazine rings is 1. The average Bonchev–Trinajstić information content (AvgIpc) is 3.01. The van der Waals surface area contributed by atoms with Crippen LogP contribution in [0.3, 0.4) is 0 Å². The zero-order valence-corrected chi connectivity index (χ0v) is 24.5. The monoisotopic (exact) mass is 603 g/mol. The van der Waals surface area contributed by atoms with Gasteiger partial charge in [0.2, 0.25) is 5.91 Å². The lowest BCUT2D eigenvalue weighted by Crippen LogP contribution is -2.63. The molecule has 6 rings (SSSR count). The van der Waals surface area contributed by atoms with Crippen molar-refractivity contribution in [1.29, 1.82) is 0 Å². The van der Waals surface area contributed by atoms with Crippen LogP contribution in [0.25, 0.3) is 28.0 Å². The van der Waals surface area contributed by atoms with Gasteiger partial charge in [-0.3, -0.25) is 23.9 Å². The number of pyridine rings is 3. The third-order valence-electron chi connectivity index (χ3n) is 7.99. The summed E-state index contributed by atoms with van der Waals surface area (Å²) in [5.41, 5.74) is 0.752. The normalized spacial score (nSPS) is 17.8. The fraction of sp³-hybridized carbons (Fsp3) is 0.281. The van der Waals surface area contributed by atoms with E-state index >= 15 is 4.39 Å². The number of rotatable bonds is 4. The molecule has 4 aromatic rings. The summed E-state index contributed by atoms with van der Waals surface area (Å²) in [4.78, 5) is 54.4. The lowest BCUT2D eigenvalue weighted by Gasteiger charge is -2.47. The minimum Gasteiger partial charge on any atom is -0.354 e. The van der Waals surface area contributed by atoms with E-state index in [0.717, 1.165) is 6.08 Å². The second-order valence-corrected chi connectivity index (χ2v) is 11.3. The van der Waals surface area contributed by atoms with Crippen molar-refractivity contribution >= 4 is 45.8 Å². The van der Waals surface area contributed by atoms with Crippen LogP contribution in [0.15, 0.2) is 60.0 Å². The number of anilines is 2. The molecule has 11 heteroatoms. The highest BCUT2D eigenvalue weighted by Crippen LogP contribution is 2.43. The Morgan fingerprint density at radius 2 is 1.95 bits per heavy atom. The summed E-state index contributed by atoms with van der Waals surface area (Å²) in [6.07, 6.45) is 2.74. The summed E-state index contributed by atoms with van der Waals surface area (Å²) in [5.74, 6) is -2.02. The summed E-state index contributed by atoms with van der Waals surface area (Å²) in [6, 6.07) is 8.07. The van der Waals surface area contributed by atoms with Gasteiger partial charge in [0.1, 0.15) is 23.2 Å². The summed E-state index contributed by atoms with van der Waals surface area (Å²) < 4.78 is 41.5.